The van der Waals surface area contributed by atoms with Gasteiger partial charge in [-0.15, -0.1) is 0 Å². The van der Waals surface area contributed by atoms with Gasteiger partial charge in [-0.05, 0) is 24.8 Å². The molecule has 0 bridgehead atoms. The summed E-state index contributed by atoms with van der Waals surface area (Å²) in [6.07, 6.45) is 5.03. The average molecular weight is 280 g/mol. The van der Waals surface area contributed by atoms with E-state index in [9.17, 15) is 14.4 Å². The zero-order valence-electron chi connectivity index (χ0n) is 11.0. The number of fused-ring (bicyclic) bond motifs is 1. The number of ketones is 1. The van der Waals surface area contributed by atoms with Crippen molar-refractivity contribution < 1.29 is 29.3 Å². The lowest BCUT2D eigenvalue weighted by Crippen LogP contribution is -2.37. The van der Waals surface area contributed by atoms with E-state index in [-0.39, 0.29) is 11.7 Å². The lowest BCUT2D eigenvalue weighted by atomic mass is 9.73. The molecule has 20 heavy (non-hydrogen) atoms. The normalized spacial score (nSPS) is 25.8. The van der Waals surface area contributed by atoms with E-state index in [0.29, 0.717) is 6.42 Å². The minimum absolute atomic E-state index is 0.149. The fraction of sp³-hybridized carbons (Fsp3) is 0.500. The molecule has 6 nitrogen and oxygen atoms in total. The summed E-state index contributed by atoms with van der Waals surface area (Å²) in [6, 6.07) is 0. The van der Waals surface area contributed by atoms with E-state index in [2.05, 4.69) is 0 Å². The number of carboxylic acids is 2. The van der Waals surface area contributed by atoms with E-state index in [0.717, 1.165) is 18.4 Å². The predicted molar refractivity (Wildman–Crippen MR) is 68.1 cm³/mol. The fourth-order valence-corrected chi connectivity index (χ4v) is 2.90. The molecule has 0 aromatic carbocycles. The number of carbonyl (C=O) groups is 3. The van der Waals surface area contributed by atoms with Crippen LogP contribution in [0, 0.1) is 11.8 Å². The number of hydrogen-bond acceptors (Lipinski definition) is 4. The lowest BCUT2D eigenvalue weighted by Gasteiger charge is -2.33. The second kappa shape index (κ2) is 5.58. The summed E-state index contributed by atoms with van der Waals surface area (Å²) in [5, 5.41) is 18.0. The molecular formula is C14H16O6. The van der Waals surface area contributed by atoms with Crippen molar-refractivity contribution in [3.05, 3.63) is 23.3 Å². The molecule has 0 aliphatic heterocycles. The Hall–Kier alpha value is -1.95. The van der Waals surface area contributed by atoms with Gasteiger partial charge in [0.2, 0.25) is 0 Å². The highest BCUT2D eigenvalue weighted by Gasteiger charge is 2.41. The Kier molecular flexibility index (Phi) is 4.04. The average Bonchev–Trinajstić information content (AvgIpc) is 2.40. The lowest BCUT2D eigenvalue weighted by molar-refractivity contribution is -0.153. The van der Waals surface area contributed by atoms with E-state index in [1.165, 1.54) is 6.08 Å². The zero-order chi connectivity index (χ0) is 14.9. The van der Waals surface area contributed by atoms with Gasteiger partial charge < -0.3 is 14.9 Å². The Morgan fingerprint density at radius 1 is 1.25 bits per heavy atom. The first kappa shape index (κ1) is 14.5. The molecule has 2 unspecified atom stereocenters. The van der Waals surface area contributed by atoms with E-state index < -0.39 is 29.6 Å². The molecule has 0 amide bonds. The van der Waals surface area contributed by atoms with Gasteiger partial charge in [0.05, 0.1) is 6.10 Å². The van der Waals surface area contributed by atoms with Crippen LogP contribution in [-0.2, 0) is 19.1 Å². The smallest absolute Gasteiger partial charge is 0.322 e. The first-order chi connectivity index (χ1) is 9.47. The number of ether oxygens (including phenoxy) is 1. The molecule has 0 radical (unpaired) electrons. The second-order valence-corrected chi connectivity index (χ2v) is 4.97. The predicted octanol–water partition coefficient (Wildman–Crippen LogP) is 1.02. The maximum absolute atomic E-state index is 12.4. The van der Waals surface area contributed by atoms with Crippen LogP contribution in [0.1, 0.15) is 19.3 Å². The molecule has 1 fully saturated rings. The van der Waals surface area contributed by atoms with Crippen molar-refractivity contribution in [2.45, 2.75) is 25.4 Å². The molecule has 1 saturated carbocycles. The number of rotatable bonds is 4. The van der Waals surface area contributed by atoms with Gasteiger partial charge >= 0.3 is 11.9 Å². The third-order valence-electron chi connectivity index (χ3n) is 3.88. The van der Waals surface area contributed by atoms with Gasteiger partial charge in [-0.1, -0.05) is 12.2 Å². The SMILES string of the molecule is COC1CCCC2C(=O)C(C(C(=O)O)C(=O)O)=CC=C12. The summed E-state index contributed by atoms with van der Waals surface area (Å²) < 4.78 is 5.32. The molecule has 6 heteroatoms. The third-order valence-corrected chi connectivity index (χ3v) is 3.88. The van der Waals surface area contributed by atoms with Crippen LogP contribution in [0.3, 0.4) is 0 Å². The Bertz CT molecular complexity index is 502. The maximum Gasteiger partial charge on any atom is 0.322 e. The number of Topliss-reactive ketones (excluding diaryl/α,β-unsaturated/α-hetero) is 1. The van der Waals surface area contributed by atoms with Gasteiger partial charge in [-0.25, -0.2) is 0 Å². The highest BCUT2D eigenvalue weighted by Crippen LogP contribution is 2.37. The first-order valence-corrected chi connectivity index (χ1v) is 6.41. The van der Waals surface area contributed by atoms with Crippen LogP contribution in [-0.4, -0.2) is 41.1 Å². The van der Waals surface area contributed by atoms with Crippen LogP contribution in [0.4, 0.5) is 0 Å². The number of allylic oxidation sites excluding steroid dienone is 2. The van der Waals surface area contributed by atoms with E-state index in [4.69, 9.17) is 14.9 Å². The zero-order valence-corrected chi connectivity index (χ0v) is 11.0. The Labute approximate surface area is 115 Å². The number of hydrogen-bond donors (Lipinski definition) is 2. The number of carboxylic acid groups (broad SMARTS) is 2. The van der Waals surface area contributed by atoms with Crippen molar-refractivity contribution in [2.75, 3.05) is 7.11 Å². The Balaban J connectivity index is 2.39. The summed E-state index contributed by atoms with van der Waals surface area (Å²) in [6.45, 7) is 0. The van der Waals surface area contributed by atoms with E-state index in [1.807, 2.05) is 0 Å². The van der Waals surface area contributed by atoms with Crippen LogP contribution in [0.5, 0.6) is 0 Å². The molecule has 0 spiro atoms. The molecule has 0 heterocycles. The van der Waals surface area contributed by atoms with Crippen LogP contribution < -0.4 is 0 Å². The van der Waals surface area contributed by atoms with Crippen molar-refractivity contribution in [3.63, 3.8) is 0 Å². The molecule has 2 aliphatic rings. The van der Waals surface area contributed by atoms with Gasteiger partial charge in [-0.2, -0.15) is 0 Å². The monoisotopic (exact) mass is 280 g/mol. The Morgan fingerprint density at radius 3 is 2.45 bits per heavy atom. The minimum atomic E-state index is -1.80. The van der Waals surface area contributed by atoms with Gasteiger partial charge in [0.25, 0.3) is 0 Å². The molecule has 0 aromatic heterocycles. The van der Waals surface area contributed by atoms with Crippen molar-refractivity contribution in [1.82, 2.24) is 0 Å². The van der Waals surface area contributed by atoms with Crippen molar-refractivity contribution in [1.29, 1.82) is 0 Å². The summed E-state index contributed by atoms with van der Waals surface area (Å²) in [7, 11) is 1.56. The van der Waals surface area contributed by atoms with Crippen molar-refractivity contribution in [2.24, 2.45) is 11.8 Å². The first-order valence-electron chi connectivity index (χ1n) is 6.41. The molecule has 0 saturated heterocycles. The standard InChI is InChI=1S/C14H16O6/c1-20-10-4-2-3-8-7(10)5-6-9(12(8)15)11(13(16)17)14(18)19/h5-6,8,10-11H,2-4H2,1H3,(H,16,17)(H,18,19). The van der Waals surface area contributed by atoms with Crippen molar-refractivity contribution in [3.8, 4) is 0 Å². The summed E-state index contributed by atoms with van der Waals surface area (Å²) in [5.41, 5.74) is 0.664. The number of carbonyl (C=O) groups excluding carboxylic acids is 1. The maximum atomic E-state index is 12.4. The van der Waals surface area contributed by atoms with Crippen LogP contribution in [0.15, 0.2) is 23.3 Å². The highest BCUT2D eigenvalue weighted by atomic mass is 16.5. The number of methoxy groups -OCH3 is 1. The molecular weight excluding hydrogens is 264 g/mol. The van der Waals surface area contributed by atoms with Gasteiger partial charge in [-0.3, -0.25) is 14.4 Å². The Morgan fingerprint density at radius 2 is 1.90 bits per heavy atom. The molecule has 0 aromatic rings. The fourth-order valence-electron chi connectivity index (χ4n) is 2.90. The second-order valence-electron chi connectivity index (χ2n) is 4.97. The molecule has 2 aliphatic carbocycles. The molecule has 2 atom stereocenters. The summed E-state index contributed by atoms with van der Waals surface area (Å²) in [5.74, 6) is -5.70. The van der Waals surface area contributed by atoms with Crippen molar-refractivity contribution >= 4 is 17.7 Å². The third kappa shape index (κ3) is 2.38. The van der Waals surface area contributed by atoms with Gasteiger partial charge in [0, 0.05) is 18.6 Å². The highest BCUT2D eigenvalue weighted by molar-refractivity contribution is 6.11. The molecule has 108 valence electrons. The van der Waals surface area contributed by atoms with E-state index >= 15 is 0 Å². The van der Waals surface area contributed by atoms with Crippen LogP contribution >= 0.6 is 0 Å². The van der Waals surface area contributed by atoms with E-state index in [1.54, 1.807) is 13.2 Å². The summed E-state index contributed by atoms with van der Waals surface area (Å²) in [4.78, 5) is 34.5. The summed E-state index contributed by atoms with van der Waals surface area (Å²) >= 11 is 0. The van der Waals surface area contributed by atoms with Crippen LogP contribution in [0.2, 0.25) is 0 Å². The van der Waals surface area contributed by atoms with Crippen LogP contribution in [0.25, 0.3) is 0 Å². The largest absolute Gasteiger partial charge is 0.480 e. The van der Waals surface area contributed by atoms with Gasteiger partial charge in [0.1, 0.15) is 0 Å². The topological polar surface area (TPSA) is 101 Å². The minimum Gasteiger partial charge on any atom is -0.480 e. The molecule has 2 rings (SSSR count). The number of aliphatic carboxylic acids is 2. The van der Waals surface area contributed by atoms with Gasteiger partial charge in [0.15, 0.2) is 11.7 Å². The quantitative estimate of drug-likeness (QED) is 0.746. The molecule has 2 N–H and O–H groups in total.